The minimum atomic E-state index is -0.444. The zero-order valence-electron chi connectivity index (χ0n) is 7.58. The first-order chi connectivity index (χ1) is 6.69. The van der Waals surface area contributed by atoms with E-state index in [4.69, 9.17) is 21.6 Å². The van der Waals surface area contributed by atoms with Crippen LogP contribution in [-0.4, -0.2) is 12.6 Å². The second kappa shape index (κ2) is 4.64. The van der Waals surface area contributed by atoms with E-state index in [0.29, 0.717) is 17.2 Å². The van der Waals surface area contributed by atoms with Gasteiger partial charge in [0.25, 0.3) is 0 Å². The SMILES string of the molecule is CCOC(=O)c1ccc(Cl)c(C#N)c1. The van der Waals surface area contributed by atoms with Crippen molar-refractivity contribution < 1.29 is 9.53 Å². The Labute approximate surface area is 86.9 Å². The maximum Gasteiger partial charge on any atom is 0.338 e. The van der Waals surface area contributed by atoms with Crippen molar-refractivity contribution in [1.82, 2.24) is 0 Å². The lowest BCUT2D eigenvalue weighted by Crippen LogP contribution is -2.04. The molecule has 0 saturated heterocycles. The molecule has 14 heavy (non-hydrogen) atoms. The van der Waals surface area contributed by atoms with Crippen LogP contribution in [-0.2, 0) is 4.74 Å². The van der Waals surface area contributed by atoms with Gasteiger partial charge in [0.2, 0.25) is 0 Å². The van der Waals surface area contributed by atoms with E-state index >= 15 is 0 Å². The number of ether oxygens (including phenoxy) is 1. The van der Waals surface area contributed by atoms with Gasteiger partial charge in [-0.15, -0.1) is 0 Å². The molecule has 1 aromatic rings. The molecular weight excluding hydrogens is 202 g/mol. The highest BCUT2D eigenvalue weighted by Gasteiger charge is 2.08. The zero-order chi connectivity index (χ0) is 10.6. The van der Waals surface area contributed by atoms with Crippen molar-refractivity contribution in [1.29, 1.82) is 5.26 Å². The van der Waals surface area contributed by atoms with Crippen LogP contribution in [0, 0.1) is 11.3 Å². The summed E-state index contributed by atoms with van der Waals surface area (Å²) in [5.41, 5.74) is 0.616. The van der Waals surface area contributed by atoms with Crippen molar-refractivity contribution in [2.24, 2.45) is 0 Å². The first-order valence-electron chi connectivity index (χ1n) is 4.05. The molecule has 0 fully saturated rings. The van der Waals surface area contributed by atoms with Crippen molar-refractivity contribution in [2.45, 2.75) is 6.92 Å². The number of hydrogen-bond acceptors (Lipinski definition) is 3. The van der Waals surface area contributed by atoms with Gasteiger partial charge in [-0.25, -0.2) is 4.79 Å². The van der Waals surface area contributed by atoms with Crippen molar-refractivity contribution >= 4 is 17.6 Å². The topological polar surface area (TPSA) is 50.1 Å². The molecule has 72 valence electrons. The smallest absolute Gasteiger partial charge is 0.338 e. The maximum atomic E-state index is 11.2. The van der Waals surface area contributed by atoms with E-state index in [2.05, 4.69) is 0 Å². The molecule has 0 amide bonds. The molecule has 0 N–H and O–H groups in total. The number of nitrogens with zero attached hydrogens (tertiary/aromatic N) is 1. The van der Waals surface area contributed by atoms with Crippen LogP contribution in [0.3, 0.4) is 0 Å². The van der Waals surface area contributed by atoms with Gasteiger partial charge in [0.15, 0.2) is 0 Å². The third-order valence-corrected chi connectivity index (χ3v) is 1.93. The molecule has 1 rings (SSSR count). The molecule has 3 nitrogen and oxygen atoms in total. The van der Waals surface area contributed by atoms with E-state index in [1.807, 2.05) is 6.07 Å². The van der Waals surface area contributed by atoms with Gasteiger partial charge < -0.3 is 4.74 Å². The fourth-order valence-electron chi connectivity index (χ4n) is 0.952. The summed E-state index contributed by atoms with van der Waals surface area (Å²) in [4.78, 5) is 11.2. The average Bonchev–Trinajstić information content (AvgIpc) is 2.19. The molecule has 0 aliphatic carbocycles. The molecule has 0 aromatic heterocycles. The summed E-state index contributed by atoms with van der Waals surface area (Å²) in [5.74, 6) is -0.444. The first kappa shape index (κ1) is 10.6. The van der Waals surface area contributed by atoms with Crippen molar-refractivity contribution in [3.8, 4) is 6.07 Å². The van der Waals surface area contributed by atoms with Crippen LogP contribution in [0.1, 0.15) is 22.8 Å². The standard InChI is InChI=1S/C10H8ClNO2/c1-2-14-10(13)7-3-4-9(11)8(5-7)6-12/h3-5H,2H2,1H3. The Balaban J connectivity index is 3.02. The highest BCUT2D eigenvalue weighted by Crippen LogP contribution is 2.16. The molecule has 0 spiro atoms. The summed E-state index contributed by atoms with van der Waals surface area (Å²) in [6.45, 7) is 2.03. The fraction of sp³-hybridized carbons (Fsp3) is 0.200. The third kappa shape index (κ3) is 2.24. The Morgan fingerprint density at radius 1 is 1.64 bits per heavy atom. The Bertz CT molecular complexity index is 396. The van der Waals surface area contributed by atoms with Gasteiger partial charge in [-0.2, -0.15) is 5.26 Å². The lowest BCUT2D eigenvalue weighted by atomic mass is 10.1. The molecule has 0 saturated carbocycles. The van der Waals surface area contributed by atoms with Gasteiger partial charge in [-0.05, 0) is 25.1 Å². The van der Waals surface area contributed by atoms with Gasteiger partial charge in [-0.3, -0.25) is 0 Å². The number of halogens is 1. The Hall–Kier alpha value is -1.53. The van der Waals surface area contributed by atoms with Gasteiger partial charge in [0.1, 0.15) is 6.07 Å². The molecule has 0 atom stereocenters. The molecule has 4 heteroatoms. The molecular formula is C10H8ClNO2. The van der Waals surface area contributed by atoms with Crippen LogP contribution in [0.5, 0.6) is 0 Å². The summed E-state index contributed by atoms with van der Waals surface area (Å²) >= 11 is 5.70. The van der Waals surface area contributed by atoms with Gasteiger partial charge >= 0.3 is 5.97 Å². The van der Waals surface area contributed by atoms with Crippen LogP contribution >= 0.6 is 11.6 Å². The summed E-state index contributed by atoms with van der Waals surface area (Å²) in [6.07, 6.45) is 0. The molecule has 0 heterocycles. The molecule has 0 aliphatic heterocycles. The van der Waals surface area contributed by atoms with Crippen LogP contribution in [0.4, 0.5) is 0 Å². The molecule has 0 unspecified atom stereocenters. The van der Waals surface area contributed by atoms with E-state index in [-0.39, 0.29) is 5.56 Å². The fourth-order valence-corrected chi connectivity index (χ4v) is 1.11. The van der Waals surface area contributed by atoms with Crippen molar-refractivity contribution in [2.75, 3.05) is 6.61 Å². The third-order valence-electron chi connectivity index (χ3n) is 1.60. The molecule has 1 aromatic carbocycles. The second-order valence-electron chi connectivity index (χ2n) is 2.53. The molecule has 0 aliphatic rings. The summed E-state index contributed by atoms with van der Waals surface area (Å²) in [7, 11) is 0. The van der Waals surface area contributed by atoms with E-state index in [1.54, 1.807) is 6.92 Å². The zero-order valence-corrected chi connectivity index (χ0v) is 8.34. The van der Waals surface area contributed by atoms with Crippen LogP contribution in [0.2, 0.25) is 5.02 Å². The highest BCUT2D eigenvalue weighted by atomic mass is 35.5. The van der Waals surface area contributed by atoms with Crippen molar-refractivity contribution in [3.05, 3.63) is 34.3 Å². The number of carbonyl (C=O) groups excluding carboxylic acids is 1. The number of carbonyl (C=O) groups is 1. The quantitative estimate of drug-likeness (QED) is 0.703. The lowest BCUT2D eigenvalue weighted by molar-refractivity contribution is 0.0526. The number of esters is 1. The first-order valence-corrected chi connectivity index (χ1v) is 4.43. The lowest BCUT2D eigenvalue weighted by Gasteiger charge is -2.02. The summed E-state index contributed by atoms with van der Waals surface area (Å²) in [5, 5.41) is 9.00. The predicted octanol–water partition coefficient (Wildman–Crippen LogP) is 2.39. The largest absolute Gasteiger partial charge is 0.462 e. The predicted molar refractivity (Wildman–Crippen MR) is 52.1 cm³/mol. The molecule has 0 bridgehead atoms. The summed E-state index contributed by atoms with van der Waals surface area (Å²) < 4.78 is 4.78. The van der Waals surface area contributed by atoms with E-state index < -0.39 is 5.97 Å². The number of hydrogen-bond donors (Lipinski definition) is 0. The van der Waals surface area contributed by atoms with Gasteiger partial charge in [0, 0.05) is 0 Å². The second-order valence-corrected chi connectivity index (χ2v) is 2.93. The van der Waals surface area contributed by atoms with Gasteiger partial charge in [-0.1, -0.05) is 11.6 Å². The number of benzene rings is 1. The molecule has 0 radical (unpaired) electrons. The van der Waals surface area contributed by atoms with Crippen molar-refractivity contribution in [3.63, 3.8) is 0 Å². The monoisotopic (exact) mass is 209 g/mol. The Morgan fingerprint density at radius 2 is 2.36 bits per heavy atom. The van der Waals surface area contributed by atoms with Crippen LogP contribution < -0.4 is 0 Å². The average molecular weight is 210 g/mol. The minimum Gasteiger partial charge on any atom is -0.462 e. The van der Waals surface area contributed by atoms with E-state index in [0.717, 1.165) is 0 Å². The Morgan fingerprint density at radius 3 is 2.93 bits per heavy atom. The minimum absolute atomic E-state index is 0.275. The number of rotatable bonds is 2. The summed E-state index contributed by atoms with van der Waals surface area (Å²) in [6, 6.07) is 6.35. The maximum absolute atomic E-state index is 11.2. The van der Waals surface area contributed by atoms with E-state index in [9.17, 15) is 4.79 Å². The highest BCUT2D eigenvalue weighted by molar-refractivity contribution is 6.31. The Kier molecular flexibility index (Phi) is 3.49. The normalized spacial score (nSPS) is 9.21. The van der Waals surface area contributed by atoms with Gasteiger partial charge in [0.05, 0.1) is 22.8 Å². The number of nitriles is 1. The van der Waals surface area contributed by atoms with Crippen LogP contribution in [0.25, 0.3) is 0 Å². The van der Waals surface area contributed by atoms with E-state index in [1.165, 1.54) is 18.2 Å². The van der Waals surface area contributed by atoms with Crippen LogP contribution in [0.15, 0.2) is 18.2 Å².